The molecule has 156 valence electrons. The van der Waals surface area contributed by atoms with Crippen molar-refractivity contribution >= 4 is 10.9 Å². The van der Waals surface area contributed by atoms with Crippen LogP contribution in [0, 0.1) is 12.7 Å². The van der Waals surface area contributed by atoms with Gasteiger partial charge in [0, 0.05) is 42.8 Å². The maximum absolute atomic E-state index is 15.1. The summed E-state index contributed by atoms with van der Waals surface area (Å²) in [6.45, 7) is 2.96. The SMILES string of the molecule is Cc1cc(CNCc2cocn2)cc(F)c1-c1cc2c(-c3cnn(C)c3)n[nH]c2cn1. The van der Waals surface area contributed by atoms with Crippen LogP contribution < -0.4 is 5.32 Å². The molecule has 8 nitrogen and oxygen atoms in total. The van der Waals surface area contributed by atoms with Gasteiger partial charge in [-0.3, -0.25) is 14.8 Å². The highest BCUT2D eigenvalue weighted by Crippen LogP contribution is 2.32. The van der Waals surface area contributed by atoms with E-state index in [0.29, 0.717) is 24.3 Å². The van der Waals surface area contributed by atoms with Crippen molar-refractivity contribution in [3.63, 3.8) is 0 Å². The molecule has 0 aliphatic heterocycles. The van der Waals surface area contributed by atoms with Crippen LogP contribution in [0.4, 0.5) is 4.39 Å². The monoisotopic (exact) mass is 417 g/mol. The number of hydrogen-bond acceptors (Lipinski definition) is 6. The predicted molar refractivity (Wildman–Crippen MR) is 113 cm³/mol. The summed E-state index contributed by atoms with van der Waals surface area (Å²) in [5.74, 6) is -0.309. The van der Waals surface area contributed by atoms with E-state index >= 15 is 4.39 Å². The third kappa shape index (κ3) is 3.71. The van der Waals surface area contributed by atoms with E-state index < -0.39 is 0 Å². The van der Waals surface area contributed by atoms with E-state index in [2.05, 4.69) is 30.6 Å². The fraction of sp³-hybridized carbons (Fsp3) is 0.182. The van der Waals surface area contributed by atoms with Gasteiger partial charge in [0.2, 0.25) is 0 Å². The Hall–Kier alpha value is -3.85. The fourth-order valence-electron chi connectivity index (χ4n) is 3.72. The number of benzene rings is 1. The van der Waals surface area contributed by atoms with Crippen molar-refractivity contribution in [1.29, 1.82) is 0 Å². The average molecular weight is 417 g/mol. The molecule has 0 radical (unpaired) electrons. The standard InChI is InChI=1S/C22H20FN7O/c1-13-3-14(6-24-8-16-11-31-12-26-16)4-18(23)21(13)19-5-17-20(9-25-19)28-29-22(17)15-7-27-30(2)10-15/h3-5,7,9-12,24H,6,8H2,1-2H3,(H,28,29). The molecule has 0 bridgehead atoms. The molecule has 0 atom stereocenters. The lowest BCUT2D eigenvalue weighted by Crippen LogP contribution is -2.13. The van der Waals surface area contributed by atoms with Gasteiger partial charge < -0.3 is 9.73 Å². The summed E-state index contributed by atoms with van der Waals surface area (Å²) in [6.07, 6.45) is 8.30. The Balaban J connectivity index is 1.45. The lowest BCUT2D eigenvalue weighted by molar-refractivity contribution is 0.554. The van der Waals surface area contributed by atoms with Crippen LogP contribution in [0.5, 0.6) is 0 Å². The molecule has 0 amide bonds. The number of H-pyrrole nitrogens is 1. The first-order valence-corrected chi connectivity index (χ1v) is 9.79. The summed E-state index contributed by atoms with van der Waals surface area (Å²) in [6, 6.07) is 5.38. The number of aryl methyl sites for hydroxylation is 2. The highest BCUT2D eigenvalue weighted by molar-refractivity contribution is 5.94. The van der Waals surface area contributed by atoms with Gasteiger partial charge in [-0.25, -0.2) is 9.37 Å². The summed E-state index contributed by atoms with van der Waals surface area (Å²) in [5.41, 5.74) is 5.95. The number of pyridine rings is 1. The molecular formula is C22H20FN7O. The molecular weight excluding hydrogens is 397 g/mol. The first-order chi connectivity index (χ1) is 15.1. The van der Waals surface area contributed by atoms with Crippen LogP contribution in [0.25, 0.3) is 33.4 Å². The Morgan fingerprint density at radius 3 is 2.81 bits per heavy atom. The van der Waals surface area contributed by atoms with Gasteiger partial charge >= 0.3 is 0 Å². The van der Waals surface area contributed by atoms with Gasteiger partial charge in [0.15, 0.2) is 6.39 Å². The molecule has 5 rings (SSSR count). The van der Waals surface area contributed by atoms with Gasteiger partial charge in [-0.2, -0.15) is 10.2 Å². The number of aromatic nitrogens is 6. The van der Waals surface area contributed by atoms with Crippen LogP contribution in [-0.2, 0) is 20.1 Å². The Kier molecular flexibility index (Phi) is 4.79. The average Bonchev–Trinajstić information content (AvgIpc) is 3.48. The summed E-state index contributed by atoms with van der Waals surface area (Å²) < 4.78 is 21.8. The van der Waals surface area contributed by atoms with E-state index in [-0.39, 0.29) is 5.82 Å². The third-order valence-corrected chi connectivity index (χ3v) is 5.15. The van der Waals surface area contributed by atoms with Crippen molar-refractivity contribution in [2.24, 2.45) is 7.05 Å². The van der Waals surface area contributed by atoms with Gasteiger partial charge in [-0.1, -0.05) is 6.07 Å². The van der Waals surface area contributed by atoms with Crippen LogP contribution in [0.3, 0.4) is 0 Å². The van der Waals surface area contributed by atoms with E-state index in [1.807, 2.05) is 32.3 Å². The van der Waals surface area contributed by atoms with Crippen molar-refractivity contribution in [3.8, 4) is 22.5 Å². The van der Waals surface area contributed by atoms with Crippen molar-refractivity contribution in [2.75, 3.05) is 0 Å². The lowest BCUT2D eigenvalue weighted by Gasteiger charge is -2.11. The summed E-state index contributed by atoms with van der Waals surface area (Å²) in [7, 11) is 1.85. The molecule has 9 heteroatoms. The molecule has 0 unspecified atom stereocenters. The van der Waals surface area contributed by atoms with E-state index in [9.17, 15) is 0 Å². The maximum Gasteiger partial charge on any atom is 0.180 e. The molecule has 0 aliphatic rings. The van der Waals surface area contributed by atoms with Crippen molar-refractivity contribution in [3.05, 3.63) is 72.1 Å². The van der Waals surface area contributed by atoms with E-state index in [0.717, 1.165) is 39.0 Å². The van der Waals surface area contributed by atoms with Gasteiger partial charge in [0.25, 0.3) is 0 Å². The number of nitrogens with zero attached hydrogens (tertiary/aromatic N) is 5. The second-order valence-corrected chi connectivity index (χ2v) is 7.44. The normalized spacial score (nSPS) is 11.5. The van der Waals surface area contributed by atoms with Gasteiger partial charge in [0.1, 0.15) is 17.8 Å². The van der Waals surface area contributed by atoms with Crippen LogP contribution in [0.15, 0.2) is 53.9 Å². The van der Waals surface area contributed by atoms with Crippen molar-refractivity contribution in [1.82, 2.24) is 35.3 Å². The fourth-order valence-corrected chi connectivity index (χ4v) is 3.72. The number of fused-ring (bicyclic) bond motifs is 1. The second-order valence-electron chi connectivity index (χ2n) is 7.44. The van der Waals surface area contributed by atoms with E-state index in [1.54, 1.807) is 29.4 Å². The zero-order chi connectivity index (χ0) is 21.4. The second kappa shape index (κ2) is 7.77. The zero-order valence-corrected chi connectivity index (χ0v) is 17.1. The van der Waals surface area contributed by atoms with E-state index in [4.69, 9.17) is 4.42 Å². The number of oxazole rings is 1. The number of halogens is 1. The number of rotatable bonds is 6. The maximum atomic E-state index is 15.1. The Labute approximate surface area is 177 Å². The molecule has 0 fully saturated rings. The Bertz CT molecular complexity index is 1330. The van der Waals surface area contributed by atoms with Crippen LogP contribution in [0.1, 0.15) is 16.8 Å². The molecule has 0 aliphatic carbocycles. The minimum absolute atomic E-state index is 0.309. The minimum atomic E-state index is -0.309. The Morgan fingerprint density at radius 2 is 2.06 bits per heavy atom. The Morgan fingerprint density at radius 1 is 1.16 bits per heavy atom. The zero-order valence-electron chi connectivity index (χ0n) is 17.1. The molecule has 2 N–H and O–H groups in total. The van der Waals surface area contributed by atoms with E-state index in [1.165, 1.54) is 6.39 Å². The quantitative estimate of drug-likeness (QED) is 0.437. The number of aromatic amines is 1. The van der Waals surface area contributed by atoms with Gasteiger partial charge in [-0.15, -0.1) is 0 Å². The molecule has 4 aromatic heterocycles. The van der Waals surface area contributed by atoms with Crippen LogP contribution >= 0.6 is 0 Å². The topological polar surface area (TPSA) is 97.5 Å². The van der Waals surface area contributed by atoms with Gasteiger partial charge in [-0.05, 0) is 30.2 Å². The molecule has 0 spiro atoms. The lowest BCUT2D eigenvalue weighted by atomic mass is 10.00. The minimum Gasteiger partial charge on any atom is -0.451 e. The third-order valence-electron chi connectivity index (χ3n) is 5.15. The predicted octanol–water partition coefficient (Wildman–Crippen LogP) is 3.75. The number of hydrogen-bond donors (Lipinski definition) is 2. The number of nitrogens with one attached hydrogen (secondary N) is 2. The largest absolute Gasteiger partial charge is 0.451 e. The molecule has 5 aromatic rings. The van der Waals surface area contributed by atoms with Crippen LogP contribution in [0.2, 0.25) is 0 Å². The summed E-state index contributed by atoms with van der Waals surface area (Å²) in [5, 5.41) is 15.7. The molecule has 1 aromatic carbocycles. The summed E-state index contributed by atoms with van der Waals surface area (Å²) in [4.78, 5) is 8.53. The highest BCUT2D eigenvalue weighted by Gasteiger charge is 2.16. The smallest absolute Gasteiger partial charge is 0.180 e. The first kappa shape index (κ1) is 19.1. The molecule has 0 saturated heterocycles. The molecule has 0 saturated carbocycles. The van der Waals surface area contributed by atoms with Crippen LogP contribution in [-0.4, -0.2) is 29.9 Å². The van der Waals surface area contributed by atoms with Crippen molar-refractivity contribution in [2.45, 2.75) is 20.0 Å². The summed E-state index contributed by atoms with van der Waals surface area (Å²) >= 11 is 0. The highest BCUT2D eigenvalue weighted by atomic mass is 19.1. The first-order valence-electron chi connectivity index (χ1n) is 9.79. The van der Waals surface area contributed by atoms with Gasteiger partial charge in [0.05, 0.1) is 29.3 Å². The molecule has 4 heterocycles. The molecule has 31 heavy (non-hydrogen) atoms. The van der Waals surface area contributed by atoms with Crippen molar-refractivity contribution < 1.29 is 8.81 Å².